The van der Waals surface area contributed by atoms with Crippen LogP contribution in [0.25, 0.3) is 0 Å². The molecule has 2 amide bonds. The Bertz CT molecular complexity index is 955. The Balaban J connectivity index is 1.80. The molecular weight excluding hydrogens is 342 g/mol. The van der Waals surface area contributed by atoms with E-state index in [9.17, 15) is 9.59 Å². The summed E-state index contributed by atoms with van der Waals surface area (Å²) in [6, 6.07) is 14.5. The topological polar surface area (TPSA) is 84.2 Å². The molecule has 3 aromatic rings. The maximum Gasteiger partial charge on any atom is 0.261 e. The summed E-state index contributed by atoms with van der Waals surface area (Å²) in [5.41, 5.74) is 3.56. The van der Waals surface area contributed by atoms with Gasteiger partial charge in [0.1, 0.15) is 11.3 Å². The van der Waals surface area contributed by atoms with Crippen molar-refractivity contribution in [1.29, 1.82) is 0 Å². The van der Waals surface area contributed by atoms with Gasteiger partial charge < -0.3 is 15.2 Å². The summed E-state index contributed by atoms with van der Waals surface area (Å²) >= 11 is 0. The molecule has 0 atom stereocenters. The van der Waals surface area contributed by atoms with Crippen molar-refractivity contribution in [2.24, 2.45) is 0 Å². The van der Waals surface area contributed by atoms with Crippen LogP contribution in [0.5, 0.6) is 0 Å². The standard InChI is InChI=1S/C21H21N3O3/c1-4-15-9-11-16(12-10-15)22-20(25)17-7-5-6-8-18(17)23-21(26)19-13(2)24-27-14(19)3/h5-12H,4H2,1-3H3,(H,22,25)(H,23,26). The fourth-order valence-corrected chi connectivity index (χ4v) is 2.80. The lowest BCUT2D eigenvalue weighted by molar-refractivity contribution is 0.102. The lowest BCUT2D eigenvalue weighted by Gasteiger charge is -2.11. The predicted octanol–water partition coefficient (Wildman–Crippen LogP) is 4.36. The summed E-state index contributed by atoms with van der Waals surface area (Å²) in [5.74, 6) is -0.226. The van der Waals surface area contributed by atoms with Crippen molar-refractivity contribution in [3.05, 3.63) is 76.7 Å². The minimum atomic E-state index is -0.362. The van der Waals surface area contributed by atoms with E-state index in [4.69, 9.17) is 4.52 Å². The van der Waals surface area contributed by atoms with Crippen LogP contribution in [0, 0.1) is 13.8 Å². The highest BCUT2D eigenvalue weighted by molar-refractivity contribution is 6.12. The van der Waals surface area contributed by atoms with E-state index >= 15 is 0 Å². The van der Waals surface area contributed by atoms with Gasteiger partial charge in [-0.25, -0.2) is 0 Å². The quantitative estimate of drug-likeness (QED) is 0.705. The molecule has 2 N–H and O–H groups in total. The molecule has 2 aromatic carbocycles. The predicted molar refractivity (Wildman–Crippen MR) is 104 cm³/mol. The average molecular weight is 363 g/mol. The highest BCUT2D eigenvalue weighted by Gasteiger charge is 2.20. The van der Waals surface area contributed by atoms with Gasteiger partial charge >= 0.3 is 0 Å². The molecule has 138 valence electrons. The summed E-state index contributed by atoms with van der Waals surface area (Å²) in [6.07, 6.45) is 0.935. The van der Waals surface area contributed by atoms with E-state index in [1.165, 1.54) is 5.56 Å². The number of aryl methyl sites for hydroxylation is 3. The lowest BCUT2D eigenvalue weighted by Crippen LogP contribution is -2.19. The van der Waals surface area contributed by atoms with Gasteiger partial charge in [0.15, 0.2) is 0 Å². The normalized spacial score (nSPS) is 10.5. The summed E-state index contributed by atoms with van der Waals surface area (Å²) in [6.45, 7) is 5.45. The van der Waals surface area contributed by atoms with Crippen molar-refractivity contribution in [2.75, 3.05) is 10.6 Å². The van der Waals surface area contributed by atoms with Gasteiger partial charge in [0, 0.05) is 5.69 Å². The van der Waals surface area contributed by atoms with Gasteiger partial charge in [0.25, 0.3) is 11.8 Å². The van der Waals surface area contributed by atoms with Crippen molar-refractivity contribution in [2.45, 2.75) is 27.2 Å². The highest BCUT2D eigenvalue weighted by atomic mass is 16.5. The van der Waals surface area contributed by atoms with Crippen molar-refractivity contribution in [1.82, 2.24) is 5.16 Å². The number of para-hydroxylation sites is 1. The van der Waals surface area contributed by atoms with Crippen LogP contribution >= 0.6 is 0 Å². The molecule has 0 fully saturated rings. The molecule has 0 saturated carbocycles. The molecule has 6 nitrogen and oxygen atoms in total. The number of benzene rings is 2. The second kappa shape index (κ2) is 7.86. The molecule has 0 aliphatic rings. The second-order valence-corrected chi connectivity index (χ2v) is 6.20. The Morgan fingerprint density at radius 3 is 2.30 bits per heavy atom. The van der Waals surface area contributed by atoms with Crippen LogP contribution in [-0.4, -0.2) is 17.0 Å². The van der Waals surface area contributed by atoms with Crippen molar-refractivity contribution in [3.63, 3.8) is 0 Å². The van der Waals surface area contributed by atoms with Crippen LogP contribution in [0.15, 0.2) is 53.1 Å². The largest absolute Gasteiger partial charge is 0.361 e. The van der Waals surface area contributed by atoms with Gasteiger partial charge in [-0.15, -0.1) is 0 Å². The minimum absolute atomic E-state index is 0.297. The van der Waals surface area contributed by atoms with Crippen LogP contribution in [0.1, 0.15) is 44.7 Å². The molecule has 3 rings (SSSR count). The van der Waals surface area contributed by atoms with Gasteiger partial charge in [-0.2, -0.15) is 0 Å². The zero-order valence-corrected chi connectivity index (χ0v) is 15.5. The molecule has 0 unspecified atom stereocenters. The van der Waals surface area contributed by atoms with E-state index in [0.29, 0.717) is 34.0 Å². The number of nitrogens with zero attached hydrogens (tertiary/aromatic N) is 1. The maximum atomic E-state index is 12.7. The number of anilines is 2. The molecule has 1 heterocycles. The second-order valence-electron chi connectivity index (χ2n) is 6.20. The molecule has 1 aromatic heterocycles. The number of hydrogen-bond donors (Lipinski definition) is 2. The van der Waals surface area contributed by atoms with Gasteiger partial charge in [0.05, 0.1) is 16.9 Å². The molecule has 0 radical (unpaired) electrons. The fraction of sp³-hybridized carbons (Fsp3) is 0.190. The van der Waals surface area contributed by atoms with Crippen LogP contribution in [0.2, 0.25) is 0 Å². The lowest BCUT2D eigenvalue weighted by atomic mass is 10.1. The number of carbonyl (C=O) groups is 2. The Morgan fingerprint density at radius 2 is 1.67 bits per heavy atom. The number of hydrogen-bond acceptors (Lipinski definition) is 4. The molecule has 0 aliphatic heterocycles. The van der Waals surface area contributed by atoms with Crippen molar-refractivity contribution >= 4 is 23.2 Å². The first kappa shape index (κ1) is 18.4. The molecule has 0 spiro atoms. The Hall–Kier alpha value is -3.41. The number of rotatable bonds is 5. The SMILES string of the molecule is CCc1ccc(NC(=O)c2ccccc2NC(=O)c2c(C)noc2C)cc1. The van der Waals surface area contributed by atoms with Crippen LogP contribution < -0.4 is 10.6 Å². The maximum absolute atomic E-state index is 12.7. The number of nitrogens with one attached hydrogen (secondary N) is 2. The third-order valence-electron chi connectivity index (χ3n) is 4.30. The third kappa shape index (κ3) is 4.06. The first-order chi connectivity index (χ1) is 13.0. The molecule has 0 saturated heterocycles. The first-order valence-corrected chi connectivity index (χ1v) is 8.73. The van der Waals surface area contributed by atoms with Gasteiger partial charge in [0.2, 0.25) is 0 Å². The van der Waals surface area contributed by atoms with Crippen LogP contribution in [0.4, 0.5) is 11.4 Å². The summed E-state index contributed by atoms with van der Waals surface area (Å²) < 4.78 is 5.04. The van der Waals surface area contributed by atoms with Gasteiger partial charge in [-0.05, 0) is 50.1 Å². The summed E-state index contributed by atoms with van der Waals surface area (Å²) in [5, 5.41) is 9.43. The molecule has 0 aliphatic carbocycles. The van der Waals surface area contributed by atoms with E-state index in [2.05, 4.69) is 22.7 Å². The van der Waals surface area contributed by atoms with E-state index < -0.39 is 0 Å². The van der Waals surface area contributed by atoms with Crippen LogP contribution in [-0.2, 0) is 6.42 Å². The van der Waals surface area contributed by atoms with E-state index in [-0.39, 0.29) is 11.8 Å². The van der Waals surface area contributed by atoms with Gasteiger partial charge in [-0.3, -0.25) is 9.59 Å². The monoisotopic (exact) mass is 363 g/mol. The fourth-order valence-electron chi connectivity index (χ4n) is 2.80. The van der Waals surface area contributed by atoms with Crippen LogP contribution in [0.3, 0.4) is 0 Å². The first-order valence-electron chi connectivity index (χ1n) is 8.73. The zero-order valence-electron chi connectivity index (χ0n) is 15.5. The molecule has 0 bridgehead atoms. The van der Waals surface area contributed by atoms with Crippen molar-refractivity contribution in [3.8, 4) is 0 Å². The van der Waals surface area contributed by atoms with E-state index in [1.807, 2.05) is 24.3 Å². The Morgan fingerprint density at radius 1 is 0.963 bits per heavy atom. The number of carbonyl (C=O) groups excluding carboxylic acids is 2. The molecule has 6 heteroatoms. The summed E-state index contributed by atoms with van der Waals surface area (Å²) in [7, 11) is 0. The molecular formula is C21H21N3O3. The number of amides is 2. The van der Waals surface area contributed by atoms with Gasteiger partial charge in [-0.1, -0.05) is 36.3 Å². The number of aromatic nitrogens is 1. The third-order valence-corrected chi connectivity index (χ3v) is 4.30. The average Bonchev–Trinajstić information content (AvgIpc) is 3.01. The summed E-state index contributed by atoms with van der Waals surface area (Å²) in [4.78, 5) is 25.3. The van der Waals surface area contributed by atoms with E-state index in [0.717, 1.165) is 6.42 Å². The van der Waals surface area contributed by atoms with E-state index in [1.54, 1.807) is 38.1 Å². The smallest absolute Gasteiger partial charge is 0.261 e. The Kier molecular flexibility index (Phi) is 5.35. The molecule has 27 heavy (non-hydrogen) atoms. The highest BCUT2D eigenvalue weighted by Crippen LogP contribution is 2.20. The Labute approximate surface area is 157 Å². The minimum Gasteiger partial charge on any atom is -0.361 e. The van der Waals surface area contributed by atoms with Crippen molar-refractivity contribution < 1.29 is 14.1 Å². The zero-order chi connectivity index (χ0) is 19.4.